The molecular weight excluding hydrogens is 341 g/mol. The molecule has 26 heavy (non-hydrogen) atoms. The lowest BCUT2D eigenvalue weighted by Crippen LogP contribution is -2.12. The van der Waals surface area contributed by atoms with E-state index < -0.39 is 5.82 Å². The largest absolute Gasteiger partial charge is 0.505 e. The highest BCUT2D eigenvalue weighted by Crippen LogP contribution is 2.18. The van der Waals surface area contributed by atoms with Crippen LogP contribution in [0, 0.1) is 5.82 Å². The van der Waals surface area contributed by atoms with Gasteiger partial charge in [0.1, 0.15) is 0 Å². The predicted octanol–water partition coefficient (Wildman–Crippen LogP) is 1.86. The van der Waals surface area contributed by atoms with Gasteiger partial charge < -0.3 is 20.6 Å². The summed E-state index contributed by atoms with van der Waals surface area (Å²) < 4.78 is 19.9. The molecule has 0 atom stereocenters. The first-order valence-electron chi connectivity index (χ1n) is 7.75. The number of furan rings is 1. The Morgan fingerprint density at radius 2 is 2.12 bits per heavy atom. The topological polar surface area (TPSA) is 127 Å². The van der Waals surface area contributed by atoms with Crippen LogP contribution < -0.4 is 11.1 Å². The van der Waals surface area contributed by atoms with Crippen molar-refractivity contribution < 1.29 is 13.9 Å². The average Bonchev–Trinajstić information content (AvgIpc) is 3.27. The summed E-state index contributed by atoms with van der Waals surface area (Å²) in [5.74, 6) is 0.514. The van der Waals surface area contributed by atoms with Crippen molar-refractivity contribution in [3.63, 3.8) is 0 Å². The van der Waals surface area contributed by atoms with Crippen LogP contribution in [0.3, 0.4) is 0 Å². The van der Waals surface area contributed by atoms with Gasteiger partial charge in [-0.3, -0.25) is 0 Å². The first kappa shape index (κ1) is 15.8. The van der Waals surface area contributed by atoms with Crippen molar-refractivity contribution in [1.29, 1.82) is 0 Å². The molecular formula is C16H14FN7O2. The van der Waals surface area contributed by atoms with Crippen LogP contribution in [0.25, 0.3) is 17.4 Å². The fraction of sp³-hybridized carbons (Fsp3) is 0.125. The molecule has 0 spiro atoms. The molecule has 132 valence electrons. The molecule has 1 aromatic carbocycles. The number of nitrogens with one attached hydrogen (secondary N) is 1. The van der Waals surface area contributed by atoms with Crippen molar-refractivity contribution >= 4 is 17.7 Å². The monoisotopic (exact) mass is 355 g/mol. The first-order chi connectivity index (χ1) is 12.6. The summed E-state index contributed by atoms with van der Waals surface area (Å²) in [6, 6.07) is 7.71. The number of aromatic nitrogens is 5. The molecule has 4 N–H and O–H groups in total. The highest BCUT2D eigenvalue weighted by molar-refractivity contribution is 5.52. The third-order valence-electron chi connectivity index (χ3n) is 3.68. The molecule has 0 amide bonds. The Morgan fingerprint density at radius 3 is 2.88 bits per heavy atom. The van der Waals surface area contributed by atoms with Crippen LogP contribution in [0.15, 0.2) is 41.0 Å². The molecule has 0 bridgehead atoms. The zero-order valence-corrected chi connectivity index (χ0v) is 13.4. The Balaban J connectivity index is 1.50. The lowest BCUT2D eigenvalue weighted by Gasteiger charge is -2.06. The number of anilines is 2. The molecule has 0 saturated heterocycles. The van der Waals surface area contributed by atoms with E-state index in [0.29, 0.717) is 24.6 Å². The number of nitrogens with two attached hydrogens (primary N) is 1. The van der Waals surface area contributed by atoms with Gasteiger partial charge in [0.15, 0.2) is 17.3 Å². The second-order valence-electron chi connectivity index (χ2n) is 5.49. The van der Waals surface area contributed by atoms with Gasteiger partial charge in [-0.05, 0) is 36.2 Å². The van der Waals surface area contributed by atoms with Crippen LogP contribution in [-0.4, -0.2) is 36.2 Å². The van der Waals surface area contributed by atoms with Gasteiger partial charge in [-0.1, -0.05) is 6.07 Å². The standard InChI is InChI=1S/C16H14FN7O2/c17-10-8-9(3-4-11(10)25)5-6-19-15-21-14(18)24-16(22-15)20-13(23-24)12-2-1-7-26-12/h1-4,7-8,25H,5-6H2,(H3,18,19,20,21,22,23). The fourth-order valence-corrected chi connectivity index (χ4v) is 2.42. The van der Waals surface area contributed by atoms with Gasteiger partial charge in [-0.2, -0.15) is 19.5 Å². The van der Waals surface area contributed by atoms with Crippen LogP contribution in [-0.2, 0) is 6.42 Å². The summed E-state index contributed by atoms with van der Waals surface area (Å²) in [6.45, 7) is 0.443. The van der Waals surface area contributed by atoms with Gasteiger partial charge in [-0.15, -0.1) is 5.10 Å². The lowest BCUT2D eigenvalue weighted by molar-refractivity contribution is 0.432. The van der Waals surface area contributed by atoms with E-state index >= 15 is 0 Å². The SMILES string of the molecule is Nc1nc(NCCc2ccc(O)c(F)c2)nc2nc(-c3ccco3)nn12. The summed E-state index contributed by atoms with van der Waals surface area (Å²) in [7, 11) is 0. The van der Waals surface area contributed by atoms with E-state index in [-0.39, 0.29) is 23.4 Å². The van der Waals surface area contributed by atoms with Crippen LogP contribution in [0.5, 0.6) is 5.75 Å². The Labute approximate surface area is 146 Å². The van der Waals surface area contributed by atoms with Crippen molar-refractivity contribution in [3.8, 4) is 17.3 Å². The summed E-state index contributed by atoms with van der Waals surface area (Å²) >= 11 is 0. The van der Waals surface area contributed by atoms with Gasteiger partial charge in [0.05, 0.1) is 6.26 Å². The maximum Gasteiger partial charge on any atom is 0.259 e. The second-order valence-corrected chi connectivity index (χ2v) is 5.49. The number of nitrogen functional groups attached to an aromatic ring is 1. The summed E-state index contributed by atoms with van der Waals surface area (Å²) in [6.07, 6.45) is 2.03. The molecule has 0 aliphatic rings. The van der Waals surface area contributed by atoms with Crippen LogP contribution in [0.1, 0.15) is 5.56 Å². The maximum absolute atomic E-state index is 13.3. The minimum Gasteiger partial charge on any atom is -0.505 e. The van der Waals surface area contributed by atoms with E-state index in [0.717, 1.165) is 5.56 Å². The second kappa shape index (κ2) is 6.31. The third kappa shape index (κ3) is 2.99. The van der Waals surface area contributed by atoms with Gasteiger partial charge >= 0.3 is 0 Å². The number of rotatable bonds is 5. The molecule has 4 aromatic rings. The van der Waals surface area contributed by atoms with Crippen LogP contribution >= 0.6 is 0 Å². The molecule has 0 unspecified atom stereocenters. The molecule has 4 rings (SSSR count). The minimum atomic E-state index is -0.654. The molecule has 0 radical (unpaired) electrons. The summed E-state index contributed by atoms with van der Waals surface area (Å²) in [4.78, 5) is 12.7. The van der Waals surface area contributed by atoms with Gasteiger partial charge in [0.25, 0.3) is 5.78 Å². The van der Waals surface area contributed by atoms with Crippen molar-refractivity contribution in [2.24, 2.45) is 0 Å². The third-order valence-corrected chi connectivity index (χ3v) is 3.68. The first-order valence-corrected chi connectivity index (χ1v) is 7.75. The summed E-state index contributed by atoms with van der Waals surface area (Å²) in [5.41, 5.74) is 6.63. The molecule has 3 heterocycles. The fourth-order valence-electron chi connectivity index (χ4n) is 2.42. The van der Waals surface area contributed by atoms with Gasteiger partial charge in [0.2, 0.25) is 17.7 Å². The van der Waals surface area contributed by atoms with E-state index in [1.807, 2.05) is 0 Å². The van der Waals surface area contributed by atoms with E-state index in [9.17, 15) is 9.50 Å². The van der Waals surface area contributed by atoms with E-state index in [4.69, 9.17) is 10.2 Å². The quantitative estimate of drug-likeness (QED) is 0.495. The number of hydrogen-bond donors (Lipinski definition) is 3. The summed E-state index contributed by atoms with van der Waals surface area (Å²) in [5, 5.41) is 16.4. The molecule has 0 saturated carbocycles. The van der Waals surface area contributed by atoms with Gasteiger partial charge in [0, 0.05) is 6.54 Å². The Hall–Kier alpha value is -3.69. The van der Waals surface area contributed by atoms with E-state index in [1.54, 1.807) is 18.2 Å². The van der Waals surface area contributed by atoms with Crippen LogP contribution in [0.4, 0.5) is 16.3 Å². The molecule has 0 aliphatic carbocycles. The Kier molecular flexibility index (Phi) is 3.84. The number of fused-ring (bicyclic) bond motifs is 1. The molecule has 3 aromatic heterocycles. The molecule has 0 fully saturated rings. The van der Waals surface area contributed by atoms with Crippen molar-refractivity contribution in [2.75, 3.05) is 17.6 Å². The number of benzene rings is 1. The Morgan fingerprint density at radius 1 is 1.23 bits per heavy atom. The molecule has 10 heteroatoms. The number of aromatic hydroxyl groups is 1. The van der Waals surface area contributed by atoms with Gasteiger partial charge in [-0.25, -0.2) is 4.39 Å². The van der Waals surface area contributed by atoms with E-state index in [2.05, 4.69) is 25.4 Å². The Bertz CT molecular complexity index is 1060. The van der Waals surface area contributed by atoms with Crippen molar-refractivity contribution in [3.05, 3.63) is 48.0 Å². The predicted molar refractivity (Wildman–Crippen MR) is 90.9 cm³/mol. The highest BCUT2D eigenvalue weighted by atomic mass is 19.1. The zero-order valence-electron chi connectivity index (χ0n) is 13.4. The normalized spacial score (nSPS) is 11.1. The van der Waals surface area contributed by atoms with Crippen molar-refractivity contribution in [1.82, 2.24) is 24.6 Å². The van der Waals surface area contributed by atoms with Crippen molar-refractivity contribution in [2.45, 2.75) is 6.42 Å². The zero-order chi connectivity index (χ0) is 18.1. The molecule has 0 aliphatic heterocycles. The molecule has 9 nitrogen and oxygen atoms in total. The van der Waals surface area contributed by atoms with Crippen LogP contribution in [0.2, 0.25) is 0 Å². The lowest BCUT2D eigenvalue weighted by atomic mass is 10.1. The highest BCUT2D eigenvalue weighted by Gasteiger charge is 2.13. The number of hydrogen-bond acceptors (Lipinski definition) is 8. The number of halogens is 1. The average molecular weight is 355 g/mol. The maximum atomic E-state index is 13.3. The number of nitrogens with zero attached hydrogens (tertiary/aromatic N) is 5. The smallest absolute Gasteiger partial charge is 0.259 e. The van der Waals surface area contributed by atoms with E-state index in [1.165, 1.54) is 22.9 Å². The number of phenols is 1. The minimum absolute atomic E-state index is 0.124. The number of phenolic OH excluding ortho intramolecular Hbond substituents is 1.